The molecule has 3 aromatic rings. The van der Waals surface area contributed by atoms with Gasteiger partial charge in [0.25, 0.3) is 0 Å². The van der Waals surface area contributed by atoms with Gasteiger partial charge in [-0.2, -0.15) is 0 Å². The quantitative estimate of drug-likeness (QED) is 0.786. The number of hydrogen-bond acceptors (Lipinski definition) is 4. The number of nitrogens with zero attached hydrogens (tertiary/aromatic N) is 2. The Bertz CT molecular complexity index is 669. The van der Waals surface area contributed by atoms with Crippen molar-refractivity contribution in [3.05, 3.63) is 35.8 Å². The molecule has 92 valence electrons. The van der Waals surface area contributed by atoms with Gasteiger partial charge in [-0.05, 0) is 36.8 Å². The Hall–Kier alpha value is -2.01. The monoisotopic (exact) mass is 259 g/mol. The molecule has 0 unspecified atom stereocenters. The highest BCUT2D eigenvalue weighted by molar-refractivity contribution is 7.15. The average Bonchev–Trinajstić information content (AvgIpc) is 2.89. The maximum absolute atomic E-state index is 5.70. The Morgan fingerprint density at radius 3 is 2.83 bits per heavy atom. The third kappa shape index (κ3) is 1.82. The zero-order valence-electron chi connectivity index (χ0n) is 9.96. The van der Waals surface area contributed by atoms with Crippen LogP contribution in [0.5, 0.6) is 5.75 Å². The molecule has 1 aromatic carbocycles. The van der Waals surface area contributed by atoms with Gasteiger partial charge >= 0.3 is 0 Å². The predicted molar refractivity (Wildman–Crippen MR) is 74.1 cm³/mol. The molecule has 0 amide bonds. The summed E-state index contributed by atoms with van der Waals surface area (Å²) in [5, 5.41) is 2.08. The first-order valence-corrected chi connectivity index (χ1v) is 6.61. The summed E-state index contributed by atoms with van der Waals surface area (Å²) in [4.78, 5) is 5.15. The van der Waals surface area contributed by atoms with Gasteiger partial charge < -0.3 is 10.5 Å². The maximum atomic E-state index is 5.70. The van der Waals surface area contributed by atoms with Crippen LogP contribution in [-0.4, -0.2) is 16.0 Å². The number of nitrogens with two attached hydrogens (primary N) is 1. The highest BCUT2D eigenvalue weighted by Crippen LogP contribution is 2.28. The summed E-state index contributed by atoms with van der Waals surface area (Å²) in [5.41, 5.74) is 7.93. The fraction of sp³-hybridized carbons (Fsp3) is 0.154. The summed E-state index contributed by atoms with van der Waals surface area (Å²) in [6, 6.07) is 8.04. The number of hydrogen-bond donors (Lipinski definition) is 1. The van der Waals surface area contributed by atoms with Crippen LogP contribution in [0.3, 0.4) is 0 Å². The summed E-state index contributed by atoms with van der Waals surface area (Å²) in [6.07, 6.45) is 1.84. The summed E-state index contributed by atoms with van der Waals surface area (Å²) >= 11 is 1.58. The van der Waals surface area contributed by atoms with Crippen LogP contribution in [0.2, 0.25) is 0 Å². The third-order valence-corrected chi connectivity index (χ3v) is 3.53. The number of rotatable bonds is 3. The fourth-order valence-electron chi connectivity index (χ4n) is 1.90. The molecule has 2 heterocycles. The molecule has 0 fully saturated rings. The molecule has 0 aliphatic heterocycles. The molecule has 0 atom stereocenters. The van der Waals surface area contributed by atoms with Crippen molar-refractivity contribution >= 4 is 22.1 Å². The first kappa shape index (κ1) is 11.1. The van der Waals surface area contributed by atoms with E-state index in [0.29, 0.717) is 12.4 Å². The van der Waals surface area contributed by atoms with E-state index in [0.717, 1.165) is 22.0 Å². The number of fused-ring (bicyclic) bond motifs is 1. The lowest BCUT2D eigenvalue weighted by molar-refractivity contribution is 0.340. The fourth-order valence-corrected chi connectivity index (χ4v) is 2.79. The molecule has 0 radical (unpaired) electrons. The third-order valence-electron chi connectivity index (χ3n) is 2.69. The molecule has 0 aliphatic rings. The topological polar surface area (TPSA) is 52.5 Å². The molecule has 3 rings (SSSR count). The van der Waals surface area contributed by atoms with Gasteiger partial charge in [-0.15, -0.1) is 11.3 Å². The van der Waals surface area contributed by atoms with Crippen molar-refractivity contribution in [1.29, 1.82) is 0 Å². The van der Waals surface area contributed by atoms with Gasteiger partial charge in [0.1, 0.15) is 11.6 Å². The molecule has 0 bridgehead atoms. The van der Waals surface area contributed by atoms with E-state index in [1.54, 1.807) is 11.3 Å². The zero-order chi connectivity index (χ0) is 12.5. The van der Waals surface area contributed by atoms with Crippen molar-refractivity contribution in [3.8, 4) is 17.0 Å². The molecule has 0 saturated heterocycles. The standard InChI is InChI=1S/C13H13N3OS/c1-2-17-10-5-3-9(4-6-10)11-8-18-13-15-12(14)7-16(11)13/h3-8H,2,14H2,1H3. The molecule has 0 saturated carbocycles. The van der Waals surface area contributed by atoms with E-state index >= 15 is 0 Å². The van der Waals surface area contributed by atoms with Crippen molar-refractivity contribution in [2.24, 2.45) is 0 Å². The Kier molecular flexibility index (Phi) is 2.68. The Morgan fingerprint density at radius 1 is 1.33 bits per heavy atom. The molecule has 18 heavy (non-hydrogen) atoms. The minimum Gasteiger partial charge on any atom is -0.494 e. The summed E-state index contributed by atoms with van der Waals surface area (Å²) in [5.74, 6) is 1.44. The molecular formula is C13H13N3OS. The van der Waals surface area contributed by atoms with Crippen LogP contribution >= 0.6 is 11.3 Å². The number of anilines is 1. The first-order chi connectivity index (χ1) is 8.78. The maximum Gasteiger partial charge on any atom is 0.196 e. The van der Waals surface area contributed by atoms with Crippen LogP contribution in [-0.2, 0) is 0 Å². The first-order valence-electron chi connectivity index (χ1n) is 5.73. The van der Waals surface area contributed by atoms with E-state index in [1.165, 1.54) is 0 Å². The van der Waals surface area contributed by atoms with E-state index in [2.05, 4.69) is 10.4 Å². The van der Waals surface area contributed by atoms with Gasteiger partial charge in [0.05, 0.1) is 18.5 Å². The smallest absolute Gasteiger partial charge is 0.196 e. The number of aromatic nitrogens is 2. The number of thiazole rings is 1. The molecule has 5 heteroatoms. The largest absolute Gasteiger partial charge is 0.494 e. The van der Waals surface area contributed by atoms with Crippen molar-refractivity contribution in [2.75, 3.05) is 12.3 Å². The lowest BCUT2D eigenvalue weighted by Gasteiger charge is -2.04. The Balaban J connectivity index is 2.02. The molecule has 4 nitrogen and oxygen atoms in total. The minimum atomic E-state index is 0.550. The van der Waals surface area contributed by atoms with Crippen molar-refractivity contribution in [1.82, 2.24) is 9.38 Å². The number of nitrogen functional groups attached to an aromatic ring is 1. The van der Waals surface area contributed by atoms with Crippen molar-refractivity contribution in [2.45, 2.75) is 6.92 Å². The number of ether oxygens (including phenoxy) is 1. The van der Waals surface area contributed by atoms with E-state index in [9.17, 15) is 0 Å². The second kappa shape index (κ2) is 4.34. The SMILES string of the molecule is CCOc1ccc(-c2csc3nc(N)cn23)cc1. The van der Waals surface area contributed by atoms with Crippen molar-refractivity contribution in [3.63, 3.8) is 0 Å². The minimum absolute atomic E-state index is 0.550. The predicted octanol–water partition coefficient (Wildman–Crippen LogP) is 3.04. The lowest BCUT2D eigenvalue weighted by atomic mass is 10.2. The molecule has 0 spiro atoms. The van der Waals surface area contributed by atoms with Crippen LogP contribution < -0.4 is 10.5 Å². The second-order valence-electron chi connectivity index (χ2n) is 3.90. The number of imidazole rings is 1. The van der Waals surface area contributed by atoms with Crippen LogP contribution in [0.25, 0.3) is 16.2 Å². The molecule has 0 aliphatic carbocycles. The van der Waals surface area contributed by atoms with Crippen LogP contribution in [0.15, 0.2) is 35.8 Å². The van der Waals surface area contributed by atoms with Gasteiger partial charge in [0, 0.05) is 5.38 Å². The highest BCUT2D eigenvalue weighted by atomic mass is 32.1. The lowest BCUT2D eigenvalue weighted by Crippen LogP contribution is -1.91. The van der Waals surface area contributed by atoms with E-state index in [-0.39, 0.29) is 0 Å². The molecular weight excluding hydrogens is 246 g/mol. The zero-order valence-corrected chi connectivity index (χ0v) is 10.8. The number of benzene rings is 1. The molecule has 2 N–H and O–H groups in total. The van der Waals surface area contributed by atoms with Gasteiger partial charge in [0.15, 0.2) is 4.96 Å². The summed E-state index contributed by atoms with van der Waals surface area (Å²) < 4.78 is 7.44. The van der Waals surface area contributed by atoms with E-state index < -0.39 is 0 Å². The van der Waals surface area contributed by atoms with E-state index in [4.69, 9.17) is 10.5 Å². The van der Waals surface area contributed by atoms with Crippen LogP contribution in [0, 0.1) is 0 Å². The van der Waals surface area contributed by atoms with Crippen molar-refractivity contribution < 1.29 is 4.74 Å². The van der Waals surface area contributed by atoms with Gasteiger partial charge in [-0.1, -0.05) is 0 Å². The average molecular weight is 259 g/mol. The second-order valence-corrected chi connectivity index (χ2v) is 4.73. The van der Waals surface area contributed by atoms with E-state index in [1.807, 2.05) is 41.8 Å². The highest BCUT2D eigenvalue weighted by Gasteiger charge is 2.08. The van der Waals surface area contributed by atoms with Crippen LogP contribution in [0.1, 0.15) is 6.92 Å². The van der Waals surface area contributed by atoms with Gasteiger partial charge in [-0.3, -0.25) is 4.40 Å². The molecule has 2 aromatic heterocycles. The summed E-state index contributed by atoms with van der Waals surface area (Å²) in [6.45, 7) is 2.66. The Labute approximate surface area is 109 Å². The normalized spacial score (nSPS) is 10.9. The van der Waals surface area contributed by atoms with Gasteiger partial charge in [0.2, 0.25) is 0 Å². The van der Waals surface area contributed by atoms with Crippen LogP contribution in [0.4, 0.5) is 5.82 Å². The Morgan fingerprint density at radius 2 is 2.11 bits per heavy atom. The summed E-state index contributed by atoms with van der Waals surface area (Å²) in [7, 11) is 0. The van der Waals surface area contributed by atoms with Gasteiger partial charge in [-0.25, -0.2) is 4.98 Å².